The van der Waals surface area contributed by atoms with E-state index in [-0.39, 0.29) is 11.9 Å². The molecule has 1 aromatic rings. The second-order valence-electron chi connectivity index (χ2n) is 6.07. The summed E-state index contributed by atoms with van der Waals surface area (Å²) < 4.78 is 4.99. The minimum Gasteiger partial charge on any atom is -0.385 e. The Morgan fingerprint density at radius 2 is 1.64 bits per heavy atom. The van der Waals surface area contributed by atoms with E-state index < -0.39 is 0 Å². The van der Waals surface area contributed by atoms with Crippen LogP contribution in [0.25, 0.3) is 0 Å². The van der Waals surface area contributed by atoms with Gasteiger partial charge in [0.2, 0.25) is 0 Å². The number of ether oxygens (including phenoxy) is 1. The zero-order chi connectivity index (χ0) is 18.7. The molecule has 0 saturated carbocycles. The van der Waals surface area contributed by atoms with E-state index >= 15 is 0 Å². The van der Waals surface area contributed by atoms with E-state index in [4.69, 9.17) is 4.74 Å². The number of hydrogen-bond donors (Lipinski definition) is 1. The van der Waals surface area contributed by atoms with Gasteiger partial charge in [-0.1, -0.05) is 13.8 Å². The van der Waals surface area contributed by atoms with Crippen LogP contribution in [0.4, 0.5) is 10.5 Å². The van der Waals surface area contributed by atoms with Crippen molar-refractivity contribution in [1.29, 1.82) is 0 Å². The van der Waals surface area contributed by atoms with E-state index in [1.807, 2.05) is 4.90 Å². The highest BCUT2D eigenvalue weighted by Gasteiger charge is 2.14. The van der Waals surface area contributed by atoms with Crippen molar-refractivity contribution in [2.75, 3.05) is 45.7 Å². The lowest BCUT2D eigenvalue weighted by atomic mass is 10.1. The van der Waals surface area contributed by atoms with Gasteiger partial charge in [-0.2, -0.15) is 0 Å². The van der Waals surface area contributed by atoms with E-state index in [1.54, 1.807) is 43.3 Å². The van der Waals surface area contributed by atoms with Crippen LogP contribution in [0.5, 0.6) is 0 Å². The van der Waals surface area contributed by atoms with Gasteiger partial charge in [-0.3, -0.25) is 4.79 Å². The smallest absolute Gasteiger partial charge is 0.321 e. The second-order valence-corrected chi connectivity index (χ2v) is 6.07. The molecule has 3 amide bonds. The molecule has 0 spiro atoms. The molecule has 0 saturated heterocycles. The van der Waals surface area contributed by atoms with Crippen molar-refractivity contribution >= 4 is 17.6 Å². The Morgan fingerprint density at radius 1 is 1.04 bits per heavy atom. The molecule has 140 valence electrons. The van der Waals surface area contributed by atoms with E-state index in [1.165, 1.54) is 0 Å². The molecule has 6 heteroatoms. The summed E-state index contributed by atoms with van der Waals surface area (Å²) in [5.74, 6) is 0.0401. The fourth-order valence-electron chi connectivity index (χ4n) is 2.50. The molecule has 0 aliphatic carbocycles. The molecular formula is C19H31N3O3. The number of carbonyl (C=O) groups excluding carboxylic acids is 2. The number of benzene rings is 1. The van der Waals surface area contributed by atoms with Gasteiger partial charge in [-0.15, -0.1) is 0 Å². The van der Waals surface area contributed by atoms with Crippen LogP contribution in [0, 0.1) is 0 Å². The Hall–Kier alpha value is -2.08. The minimum absolute atomic E-state index is 0.0401. The van der Waals surface area contributed by atoms with E-state index in [9.17, 15) is 9.59 Å². The van der Waals surface area contributed by atoms with Gasteiger partial charge in [0.1, 0.15) is 0 Å². The summed E-state index contributed by atoms with van der Waals surface area (Å²) in [4.78, 5) is 28.1. The molecule has 0 aliphatic rings. The van der Waals surface area contributed by atoms with Crippen molar-refractivity contribution in [2.45, 2.75) is 33.1 Å². The lowest BCUT2D eigenvalue weighted by Crippen LogP contribution is -2.33. The van der Waals surface area contributed by atoms with Gasteiger partial charge in [-0.05, 0) is 43.5 Å². The second kappa shape index (κ2) is 11.5. The summed E-state index contributed by atoms with van der Waals surface area (Å²) >= 11 is 0. The number of nitrogens with zero attached hydrogens (tertiary/aromatic N) is 2. The molecule has 6 nitrogen and oxygen atoms in total. The summed E-state index contributed by atoms with van der Waals surface area (Å²) in [5.41, 5.74) is 1.33. The van der Waals surface area contributed by atoms with Crippen molar-refractivity contribution in [3.63, 3.8) is 0 Å². The van der Waals surface area contributed by atoms with E-state index in [0.717, 1.165) is 32.4 Å². The molecular weight excluding hydrogens is 318 g/mol. The number of nitrogens with one attached hydrogen (secondary N) is 1. The van der Waals surface area contributed by atoms with E-state index in [0.29, 0.717) is 24.4 Å². The topological polar surface area (TPSA) is 61.9 Å². The molecule has 0 heterocycles. The van der Waals surface area contributed by atoms with Crippen LogP contribution >= 0.6 is 0 Å². The number of carbonyl (C=O) groups is 2. The first-order chi connectivity index (χ1) is 12.0. The molecule has 1 rings (SSSR count). The standard InChI is InChI=1S/C19H31N3O3/c1-5-12-22(13-6-2)18(23)16-8-10-17(11-9-16)20-19(24)21(3)14-7-15-25-4/h8-11H,5-7,12-15H2,1-4H3,(H,20,24). The average molecular weight is 349 g/mol. The molecule has 0 unspecified atom stereocenters. The van der Waals surface area contributed by atoms with Gasteiger partial charge in [0.25, 0.3) is 5.91 Å². The Morgan fingerprint density at radius 3 is 2.16 bits per heavy atom. The maximum atomic E-state index is 12.5. The number of amides is 3. The predicted octanol–water partition coefficient (Wildman–Crippen LogP) is 3.45. The Bertz CT molecular complexity index is 525. The Kier molecular flexibility index (Phi) is 9.62. The third-order valence-corrected chi connectivity index (χ3v) is 3.85. The quantitative estimate of drug-likeness (QED) is 0.658. The minimum atomic E-state index is -0.172. The molecule has 0 radical (unpaired) electrons. The number of methoxy groups -OCH3 is 1. The SMILES string of the molecule is CCCN(CCC)C(=O)c1ccc(NC(=O)N(C)CCCOC)cc1. The highest BCUT2D eigenvalue weighted by Crippen LogP contribution is 2.13. The average Bonchev–Trinajstić information content (AvgIpc) is 2.61. The van der Waals surface area contributed by atoms with Crippen molar-refractivity contribution < 1.29 is 14.3 Å². The summed E-state index contributed by atoms with van der Waals surface area (Å²) in [6.45, 7) is 6.91. The monoisotopic (exact) mass is 349 g/mol. The number of hydrogen-bond acceptors (Lipinski definition) is 3. The van der Waals surface area contributed by atoms with Crippen LogP contribution in [0.2, 0.25) is 0 Å². The van der Waals surface area contributed by atoms with Crippen LogP contribution in [0.1, 0.15) is 43.5 Å². The normalized spacial score (nSPS) is 10.4. The molecule has 1 aromatic carbocycles. The zero-order valence-corrected chi connectivity index (χ0v) is 15.9. The van der Waals surface area contributed by atoms with Crippen LogP contribution in [0.3, 0.4) is 0 Å². The van der Waals surface area contributed by atoms with Gasteiger partial charge < -0.3 is 19.9 Å². The zero-order valence-electron chi connectivity index (χ0n) is 15.9. The van der Waals surface area contributed by atoms with Gasteiger partial charge in [0.05, 0.1) is 0 Å². The molecule has 0 fully saturated rings. The molecule has 1 N–H and O–H groups in total. The van der Waals surface area contributed by atoms with Gasteiger partial charge in [0, 0.05) is 51.6 Å². The third-order valence-electron chi connectivity index (χ3n) is 3.85. The molecule has 0 bridgehead atoms. The summed E-state index contributed by atoms with van der Waals surface area (Å²) in [6, 6.07) is 6.89. The Labute approximate surface area is 151 Å². The van der Waals surface area contributed by atoms with Crippen LogP contribution in [-0.2, 0) is 4.74 Å². The molecule has 0 atom stereocenters. The first kappa shape index (κ1) is 21.0. The molecule has 25 heavy (non-hydrogen) atoms. The van der Waals surface area contributed by atoms with Crippen molar-refractivity contribution in [3.05, 3.63) is 29.8 Å². The van der Waals surface area contributed by atoms with E-state index in [2.05, 4.69) is 19.2 Å². The van der Waals surface area contributed by atoms with Gasteiger partial charge >= 0.3 is 6.03 Å². The van der Waals surface area contributed by atoms with Gasteiger partial charge in [-0.25, -0.2) is 4.79 Å². The fraction of sp³-hybridized carbons (Fsp3) is 0.579. The fourth-order valence-corrected chi connectivity index (χ4v) is 2.50. The van der Waals surface area contributed by atoms with Crippen molar-refractivity contribution in [2.24, 2.45) is 0 Å². The first-order valence-electron chi connectivity index (χ1n) is 8.93. The number of rotatable bonds is 10. The van der Waals surface area contributed by atoms with Crippen LogP contribution < -0.4 is 5.32 Å². The first-order valence-corrected chi connectivity index (χ1v) is 8.93. The number of urea groups is 1. The molecule has 0 aromatic heterocycles. The lowest BCUT2D eigenvalue weighted by Gasteiger charge is -2.22. The number of anilines is 1. The molecule has 0 aliphatic heterocycles. The van der Waals surface area contributed by atoms with Crippen LogP contribution in [0.15, 0.2) is 24.3 Å². The van der Waals surface area contributed by atoms with Crippen molar-refractivity contribution in [3.8, 4) is 0 Å². The predicted molar refractivity (Wildman–Crippen MR) is 101 cm³/mol. The lowest BCUT2D eigenvalue weighted by molar-refractivity contribution is 0.0755. The summed E-state index contributed by atoms with van der Waals surface area (Å²) in [5, 5.41) is 2.84. The van der Waals surface area contributed by atoms with Gasteiger partial charge in [0.15, 0.2) is 0 Å². The maximum absolute atomic E-state index is 12.5. The van der Waals surface area contributed by atoms with Crippen molar-refractivity contribution in [1.82, 2.24) is 9.80 Å². The summed E-state index contributed by atoms with van der Waals surface area (Å²) in [6.07, 6.45) is 2.67. The largest absolute Gasteiger partial charge is 0.385 e. The Balaban J connectivity index is 2.63. The highest BCUT2D eigenvalue weighted by atomic mass is 16.5. The summed E-state index contributed by atoms with van der Waals surface area (Å²) in [7, 11) is 3.39. The van der Waals surface area contributed by atoms with Crippen LogP contribution in [-0.4, -0.2) is 62.1 Å². The maximum Gasteiger partial charge on any atom is 0.321 e. The highest BCUT2D eigenvalue weighted by molar-refractivity contribution is 5.95. The third kappa shape index (κ3) is 7.13.